The van der Waals surface area contributed by atoms with E-state index in [1.54, 1.807) is 0 Å². The molecule has 0 fully saturated rings. The fraction of sp³-hybridized carbons (Fsp3) is 0.385. The Morgan fingerprint density at radius 2 is 2.00 bits per heavy atom. The van der Waals surface area contributed by atoms with Crippen molar-refractivity contribution in [1.82, 2.24) is 5.32 Å². The molecular formula is C13H19N. The van der Waals surface area contributed by atoms with Crippen LogP contribution in [0.15, 0.2) is 24.8 Å². The van der Waals surface area contributed by atoms with Crippen LogP contribution in [0.2, 0.25) is 0 Å². The minimum absolute atomic E-state index is 1.02. The Morgan fingerprint density at radius 1 is 1.29 bits per heavy atom. The maximum Gasteiger partial charge on any atom is 0.0343 e. The molecule has 0 radical (unpaired) electrons. The summed E-state index contributed by atoms with van der Waals surface area (Å²) in [5.74, 6) is 0. The second kappa shape index (κ2) is 4.85. The van der Waals surface area contributed by atoms with Gasteiger partial charge in [-0.2, -0.15) is 0 Å². The summed E-state index contributed by atoms with van der Waals surface area (Å²) in [6, 6.07) is 6.54. The van der Waals surface area contributed by atoms with Crippen molar-refractivity contribution in [3.8, 4) is 0 Å². The van der Waals surface area contributed by atoms with Gasteiger partial charge >= 0.3 is 0 Å². The van der Waals surface area contributed by atoms with Crippen LogP contribution < -0.4 is 5.32 Å². The lowest BCUT2D eigenvalue weighted by atomic mass is 9.97. The third-order valence-corrected chi connectivity index (χ3v) is 2.32. The van der Waals surface area contributed by atoms with Crippen molar-refractivity contribution in [2.75, 3.05) is 6.54 Å². The molecule has 1 aliphatic heterocycles. The Hall–Kier alpha value is -1.24. The quantitative estimate of drug-likeness (QED) is 0.661. The zero-order valence-electron chi connectivity index (χ0n) is 9.35. The van der Waals surface area contributed by atoms with Crippen LogP contribution in [0.25, 0.3) is 5.70 Å². The summed E-state index contributed by atoms with van der Waals surface area (Å²) in [5.41, 5.74) is 5.12. The number of rotatable bonds is 0. The summed E-state index contributed by atoms with van der Waals surface area (Å²) in [5, 5.41) is 3.26. The van der Waals surface area contributed by atoms with Gasteiger partial charge in [-0.1, -0.05) is 44.2 Å². The van der Waals surface area contributed by atoms with Crippen LogP contribution in [0.5, 0.6) is 0 Å². The van der Waals surface area contributed by atoms with Gasteiger partial charge in [0.1, 0.15) is 0 Å². The predicted octanol–water partition coefficient (Wildman–Crippen LogP) is 3.14. The van der Waals surface area contributed by atoms with Crippen molar-refractivity contribution < 1.29 is 0 Å². The van der Waals surface area contributed by atoms with E-state index in [4.69, 9.17) is 0 Å². The van der Waals surface area contributed by atoms with Gasteiger partial charge in [-0.05, 0) is 18.9 Å². The zero-order valence-corrected chi connectivity index (χ0v) is 9.35. The predicted molar refractivity (Wildman–Crippen MR) is 63.3 cm³/mol. The van der Waals surface area contributed by atoms with E-state index in [0.717, 1.165) is 18.7 Å². The number of hydrogen-bond acceptors (Lipinski definition) is 1. The molecule has 2 rings (SSSR count). The van der Waals surface area contributed by atoms with Crippen LogP contribution in [-0.2, 0) is 6.42 Å². The van der Waals surface area contributed by atoms with Crippen molar-refractivity contribution in [2.45, 2.75) is 27.2 Å². The summed E-state index contributed by atoms with van der Waals surface area (Å²) < 4.78 is 0. The number of nitrogens with one attached hydrogen (secondary N) is 1. The van der Waals surface area contributed by atoms with Crippen molar-refractivity contribution >= 4 is 5.70 Å². The van der Waals surface area contributed by atoms with E-state index in [0.29, 0.717) is 0 Å². The third-order valence-electron chi connectivity index (χ3n) is 2.32. The van der Waals surface area contributed by atoms with Crippen molar-refractivity contribution in [1.29, 1.82) is 0 Å². The molecule has 1 heterocycles. The lowest BCUT2D eigenvalue weighted by molar-refractivity contribution is 0.815. The molecule has 0 amide bonds. The molecule has 0 aromatic heterocycles. The molecule has 0 aliphatic carbocycles. The minimum Gasteiger partial charge on any atom is -0.385 e. The lowest BCUT2D eigenvalue weighted by Gasteiger charge is -2.20. The molecule has 0 saturated carbocycles. The van der Waals surface area contributed by atoms with E-state index in [2.05, 4.69) is 37.0 Å². The van der Waals surface area contributed by atoms with E-state index in [1.165, 1.54) is 16.7 Å². The molecule has 0 saturated heterocycles. The molecule has 1 aliphatic rings. The van der Waals surface area contributed by atoms with Gasteiger partial charge in [0, 0.05) is 17.8 Å². The van der Waals surface area contributed by atoms with Gasteiger partial charge in [-0.25, -0.2) is 0 Å². The normalized spacial score (nSPS) is 13.5. The molecule has 0 spiro atoms. The number of hydrogen-bond donors (Lipinski definition) is 1. The van der Waals surface area contributed by atoms with E-state index in [9.17, 15) is 0 Å². The Labute approximate surface area is 86.8 Å². The molecular weight excluding hydrogens is 170 g/mol. The number of benzene rings is 1. The highest BCUT2D eigenvalue weighted by atomic mass is 14.9. The average molecular weight is 189 g/mol. The molecule has 14 heavy (non-hydrogen) atoms. The molecule has 0 bridgehead atoms. The Kier molecular flexibility index (Phi) is 3.75. The average Bonchev–Trinajstić information content (AvgIpc) is 2.21. The van der Waals surface area contributed by atoms with Gasteiger partial charge in [0.15, 0.2) is 0 Å². The van der Waals surface area contributed by atoms with Crippen LogP contribution in [0.3, 0.4) is 0 Å². The first-order chi connectivity index (χ1) is 6.77. The van der Waals surface area contributed by atoms with Crippen LogP contribution in [-0.4, -0.2) is 6.54 Å². The first kappa shape index (κ1) is 10.8. The van der Waals surface area contributed by atoms with Gasteiger partial charge in [0.2, 0.25) is 0 Å². The Bertz CT molecular complexity index is 326. The maximum absolute atomic E-state index is 3.97. The molecule has 76 valence electrons. The Morgan fingerprint density at radius 3 is 2.71 bits per heavy atom. The smallest absolute Gasteiger partial charge is 0.0343 e. The third kappa shape index (κ3) is 2.16. The maximum atomic E-state index is 3.97. The van der Waals surface area contributed by atoms with E-state index in [-0.39, 0.29) is 0 Å². The lowest BCUT2D eigenvalue weighted by Crippen LogP contribution is -2.21. The first-order valence-electron chi connectivity index (χ1n) is 5.30. The second-order valence-corrected chi connectivity index (χ2v) is 3.32. The van der Waals surface area contributed by atoms with Gasteiger partial charge in [0.05, 0.1) is 0 Å². The van der Waals surface area contributed by atoms with E-state index in [1.807, 2.05) is 13.8 Å². The number of fused-ring (bicyclic) bond motifs is 1. The minimum atomic E-state index is 1.02. The molecule has 1 aromatic rings. The first-order valence-corrected chi connectivity index (χ1v) is 5.30. The number of aryl methyl sites for hydroxylation is 1. The van der Waals surface area contributed by atoms with Crippen molar-refractivity contribution in [3.63, 3.8) is 0 Å². The monoisotopic (exact) mass is 189 g/mol. The highest BCUT2D eigenvalue weighted by molar-refractivity contribution is 5.66. The molecule has 1 nitrogen and oxygen atoms in total. The second-order valence-electron chi connectivity index (χ2n) is 3.32. The SMILES string of the molecule is C=C1NCCc2cc(C)ccc21.CC. The van der Waals surface area contributed by atoms with E-state index < -0.39 is 0 Å². The van der Waals surface area contributed by atoms with Crippen LogP contribution >= 0.6 is 0 Å². The fourth-order valence-electron chi connectivity index (χ4n) is 1.67. The molecule has 1 heteroatoms. The van der Waals surface area contributed by atoms with Gasteiger partial charge < -0.3 is 5.32 Å². The summed E-state index contributed by atoms with van der Waals surface area (Å²) >= 11 is 0. The van der Waals surface area contributed by atoms with Gasteiger partial charge in [0.25, 0.3) is 0 Å². The van der Waals surface area contributed by atoms with Crippen LogP contribution in [0, 0.1) is 6.92 Å². The standard InChI is InChI=1S/C11H13N.C2H6/c1-8-3-4-11-9(2)12-6-5-10(11)7-8;1-2/h3-4,7,12H,2,5-6H2,1H3;1-2H3. The van der Waals surface area contributed by atoms with E-state index >= 15 is 0 Å². The summed E-state index contributed by atoms with van der Waals surface area (Å²) in [6.07, 6.45) is 1.12. The van der Waals surface area contributed by atoms with Crippen molar-refractivity contribution in [2.24, 2.45) is 0 Å². The van der Waals surface area contributed by atoms with Crippen LogP contribution in [0.1, 0.15) is 30.5 Å². The molecule has 0 unspecified atom stereocenters. The summed E-state index contributed by atoms with van der Waals surface area (Å²) in [4.78, 5) is 0. The van der Waals surface area contributed by atoms with Gasteiger partial charge in [-0.3, -0.25) is 0 Å². The molecule has 1 N–H and O–H groups in total. The fourth-order valence-corrected chi connectivity index (χ4v) is 1.67. The highest BCUT2D eigenvalue weighted by Crippen LogP contribution is 2.21. The van der Waals surface area contributed by atoms with Crippen molar-refractivity contribution in [3.05, 3.63) is 41.5 Å². The summed E-state index contributed by atoms with van der Waals surface area (Å²) in [7, 11) is 0. The topological polar surface area (TPSA) is 12.0 Å². The zero-order chi connectivity index (χ0) is 10.6. The molecule has 0 atom stereocenters. The molecule has 1 aromatic carbocycles. The summed E-state index contributed by atoms with van der Waals surface area (Å²) in [6.45, 7) is 11.1. The van der Waals surface area contributed by atoms with Gasteiger partial charge in [-0.15, -0.1) is 0 Å². The van der Waals surface area contributed by atoms with Crippen LogP contribution in [0.4, 0.5) is 0 Å². The Balaban J connectivity index is 0.000000461. The largest absolute Gasteiger partial charge is 0.385 e. The highest BCUT2D eigenvalue weighted by Gasteiger charge is 2.10.